The van der Waals surface area contributed by atoms with Crippen LogP contribution in [0.25, 0.3) is 64.9 Å². The van der Waals surface area contributed by atoms with Gasteiger partial charge in [-0.15, -0.1) is 22.7 Å². The molecular formula is C41H28N2O3S4. The first-order valence-electron chi connectivity index (χ1n) is 16.1. The lowest BCUT2D eigenvalue weighted by Gasteiger charge is -2.22. The molecule has 4 heterocycles. The van der Waals surface area contributed by atoms with Gasteiger partial charge in [-0.1, -0.05) is 92.4 Å². The molecule has 1 N–H and O–H groups in total. The average molecular weight is 725 g/mol. The molecule has 7 aromatic rings. The van der Waals surface area contributed by atoms with Crippen molar-refractivity contribution in [3.8, 4) is 37.0 Å². The summed E-state index contributed by atoms with van der Waals surface area (Å²) >= 11 is 9.73. The van der Waals surface area contributed by atoms with E-state index in [1.54, 1.807) is 28.7 Å². The highest BCUT2D eigenvalue weighted by Gasteiger charge is 2.36. The number of fused-ring (bicyclic) bond motifs is 6. The number of thiocarbonyl (C=S) groups is 1. The Kier molecular flexibility index (Phi) is 7.26. The molecule has 0 radical (unpaired) electrons. The Bertz CT molecular complexity index is 2620. The number of carboxylic acids is 1. The zero-order valence-corrected chi connectivity index (χ0v) is 30.2. The minimum atomic E-state index is -1.09. The van der Waals surface area contributed by atoms with Gasteiger partial charge in [-0.05, 0) is 88.5 Å². The van der Waals surface area contributed by atoms with Gasteiger partial charge in [0, 0.05) is 41.4 Å². The van der Waals surface area contributed by atoms with Crippen LogP contribution in [0.3, 0.4) is 0 Å². The quantitative estimate of drug-likeness (QED) is 0.137. The van der Waals surface area contributed by atoms with Gasteiger partial charge in [0.1, 0.15) is 10.9 Å². The Morgan fingerprint density at radius 1 is 0.780 bits per heavy atom. The van der Waals surface area contributed by atoms with Gasteiger partial charge in [-0.2, -0.15) is 0 Å². The SMILES string of the molecule is CC1(C)c2ccccc2-c2ccc(-n3c4ccccc4c4cc(-c5ccc(-c6ccc(C=C7SC(=S)N(CC(=O)O)C7=O)s6)s5)ccc43)cc21. The molecule has 9 heteroatoms. The van der Waals surface area contributed by atoms with E-state index < -0.39 is 12.5 Å². The maximum Gasteiger partial charge on any atom is 0.323 e. The molecule has 9 rings (SSSR count). The Labute approximate surface area is 306 Å². The van der Waals surface area contributed by atoms with Crippen molar-refractivity contribution in [3.63, 3.8) is 0 Å². The van der Waals surface area contributed by atoms with Crippen LogP contribution in [0.4, 0.5) is 0 Å². The molecule has 1 saturated heterocycles. The standard InChI is InChI=1S/C41H28N2O3S4/c1-41(2)30-9-5-3-7-26(30)27-14-12-24(20-31(27)41)43-32-10-6-4-8-28(32)29-19-23(11-15-33(29)43)34-17-18-36(49-34)35-16-13-25(48-35)21-37-39(46)42(22-38(44)45)40(47)50-37/h3-21H,22H2,1-2H3,(H,44,45). The predicted octanol–water partition coefficient (Wildman–Crippen LogP) is 10.8. The van der Waals surface area contributed by atoms with Crippen LogP contribution >= 0.6 is 46.7 Å². The molecule has 244 valence electrons. The molecule has 0 atom stereocenters. The minimum absolute atomic E-state index is 0.0750. The van der Waals surface area contributed by atoms with Crippen LogP contribution in [0.1, 0.15) is 29.9 Å². The highest BCUT2D eigenvalue weighted by atomic mass is 32.2. The number of thiophene rings is 2. The number of aromatic nitrogens is 1. The van der Waals surface area contributed by atoms with Crippen molar-refractivity contribution in [2.24, 2.45) is 0 Å². The molecule has 50 heavy (non-hydrogen) atoms. The van der Waals surface area contributed by atoms with Crippen LogP contribution in [-0.4, -0.2) is 37.3 Å². The fourth-order valence-electron chi connectivity index (χ4n) is 7.32. The third-order valence-electron chi connectivity index (χ3n) is 9.70. The summed E-state index contributed by atoms with van der Waals surface area (Å²) in [5, 5.41) is 11.6. The third-order valence-corrected chi connectivity index (χ3v) is 13.4. The van der Waals surface area contributed by atoms with Crippen LogP contribution in [0.5, 0.6) is 0 Å². The van der Waals surface area contributed by atoms with E-state index in [2.05, 4.69) is 122 Å². The molecule has 0 spiro atoms. The molecule has 1 amide bonds. The van der Waals surface area contributed by atoms with E-state index in [9.17, 15) is 9.59 Å². The summed E-state index contributed by atoms with van der Waals surface area (Å²) in [6, 6.07) is 39.5. The highest BCUT2D eigenvalue weighted by Crippen LogP contribution is 2.49. The second-order valence-corrected chi connectivity index (χ2v) is 16.9. The molecule has 0 bridgehead atoms. The summed E-state index contributed by atoms with van der Waals surface area (Å²) in [6.07, 6.45) is 1.80. The maximum absolute atomic E-state index is 12.8. The number of carbonyl (C=O) groups excluding carboxylic acids is 1. The van der Waals surface area contributed by atoms with Crippen LogP contribution in [0.2, 0.25) is 0 Å². The minimum Gasteiger partial charge on any atom is -0.480 e. The molecule has 1 aliphatic carbocycles. The van der Waals surface area contributed by atoms with Gasteiger partial charge in [0.05, 0.1) is 15.9 Å². The summed E-state index contributed by atoms with van der Waals surface area (Å²) in [7, 11) is 0. The first kappa shape index (κ1) is 31.2. The number of hydrogen-bond donors (Lipinski definition) is 1. The fraction of sp³-hybridized carbons (Fsp3) is 0.0976. The molecular weight excluding hydrogens is 697 g/mol. The smallest absolute Gasteiger partial charge is 0.323 e. The number of amides is 1. The van der Waals surface area contributed by atoms with Gasteiger partial charge >= 0.3 is 5.97 Å². The summed E-state index contributed by atoms with van der Waals surface area (Å²) in [5.74, 6) is -1.45. The molecule has 1 fully saturated rings. The van der Waals surface area contributed by atoms with E-state index in [0.717, 1.165) is 31.3 Å². The molecule has 2 aliphatic rings. The van der Waals surface area contributed by atoms with Crippen LogP contribution in [0.15, 0.2) is 114 Å². The molecule has 3 aromatic heterocycles. The number of carbonyl (C=O) groups is 2. The van der Waals surface area contributed by atoms with E-state index in [4.69, 9.17) is 17.3 Å². The van der Waals surface area contributed by atoms with Gasteiger partial charge in [0.2, 0.25) is 0 Å². The van der Waals surface area contributed by atoms with E-state index in [-0.39, 0.29) is 15.6 Å². The topological polar surface area (TPSA) is 62.5 Å². The number of benzene rings is 4. The van der Waals surface area contributed by atoms with Gasteiger partial charge < -0.3 is 9.67 Å². The van der Waals surface area contributed by atoms with E-state index in [1.165, 1.54) is 60.2 Å². The number of aliphatic carboxylic acids is 1. The summed E-state index contributed by atoms with van der Waals surface area (Å²) in [4.78, 5) is 29.8. The average Bonchev–Trinajstić information content (AvgIpc) is 3.93. The lowest BCUT2D eigenvalue weighted by Crippen LogP contribution is -2.33. The number of hydrogen-bond acceptors (Lipinski definition) is 6. The third kappa shape index (κ3) is 4.91. The lowest BCUT2D eigenvalue weighted by molar-refractivity contribution is -0.140. The molecule has 0 saturated carbocycles. The van der Waals surface area contributed by atoms with E-state index in [1.807, 2.05) is 6.07 Å². The van der Waals surface area contributed by atoms with Crippen molar-refractivity contribution < 1.29 is 14.7 Å². The zero-order chi connectivity index (χ0) is 34.3. The van der Waals surface area contributed by atoms with Crippen molar-refractivity contribution in [2.45, 2.75) is 19.3 Å². The van der Waals surface area contributed by atoms with Crippen molar-refractivity contribution in [3.05, 3.63) is 130 Å². The number of para-hydroxylation sites is 1. The second-order valence-electron chi connectivity index (χ2n) is 13.0. The Morgan fingerprint density at radius 3 is 2.36 bits per heavy atom. The summed E-state index contributed by atoms with van der Waals surface area (Å²) < 4.78 is 2.67. The number of nitrogens with zero attached hydrogens (tertiary/aromatic N) is 2. The zero-order valence-electron chi connectivity index (χ0n) is 27.0. The van der Waals surface area contributed by atoms with Crippen LogP contribution in [-0.2, 0) is 15.0 Å². The first-order valence-corrected chi connectivity index (χ1v) is 19.0. The number of thioether (sulfide) groups is 1. The Balaban J connectivity index is 1.05. The van der Waals surface area contributed by atoms with Gasteiger partial charge in [0.15, 0.2) is 0 Å². The Hall–Kier alpha value is -4.80. The number of rotatable bonds is 6. The first-order chi connectivity index (χ1) is 24.2. The monoisotopic (exact) mass is 724 g/mol. The van der Waals surface area contributed by atoms with Crippen LogP contribution < -0.4 is 0 Å². The number of carboxylic acid groups (broad SMARTS) is 1. The van der Waals surface area contributed by atoms with E-state index >= 15 is 0 Å². The Morgan fingerprint density at radius 2 is 1.50 bits per heavy atom. The molecule has 4 aromatic carbocycles. The van der Waals surface area contributed by atoms with Crippen molar-refractivity contribution in [2.75, 3.05) is 6.54 Å². The van der Waals surface area contributed by atoms with Gasteiger partial charge in [-0.3, -0.25) is 14.5 Å². The highest BCUT2D eigenvalue weighted by molar-refractivity contribution is 8.26. The lowest BCUT2D eigenvalue weighted by atomic mass is 9.82. The van der Waals surface area contributed by atoms with Gasteiger partial charge in [0.25, 0.3) is 5.91 Å². The van der Waals surface area contributed by atoms with E-state index in [0.29, 0.717) is 4.91 Å². The normalized spacial score (nSPS) is 15.8. The van der Waals surface area contributed by atoms with Gasteiger partial charge in [-0.25, -0.2) is 0 Å². The second kappa shape index (κ2) is 11.6. The molecule has 1 aliphatic heterocycles. The molecule has 0 unspecified atom stereocenters. The fourth-order valence-corrected chi connectivity index (χ4v) is 10.7. The van der Waals surface area contributed by atoms with Crippen molar-refractivity contribution in [1.29, 1.82) is 0 Å². The van der Waals surface area contributed by atoms with Crippen LogP contribution in [0, 0.1) is 0 Å². The molecule has 5 nitrogen and oxygen atoms in total. The largest absolute Gasteiger partial charge is 0.480 e. The summed E-state index contributed by atoms with van der Waals surface area (Å²) in [6.45, 7) is 4.22. The predicted molar refractivity (Wildman–Crippen MR) is 212 cm³/mol. The van der Waals surface area contributed by atoms with Crippen molar-refractivity contribution in [1.82, 2.24) is 9.47 Å². The summed E-state index contributed by atoms with van der Waals surface area (Å²) in [5.41, 5.74) is 10.0. The maximum atomic E-state index is 12.8. The van der Waals surface area contributed by atoms with Crippen molar-refractivity contribution >= 4 is 90.7 Å².